The molecule has 8 nitrogen and oxygen atoms in total. The van der Waals surface area contributed by atoms with Gasteiger partial charge >= 0.3 is 11.9 Å². The number of nitrogens with zero attached hydrogens (tertiary/aromatic N) is 1. The number of hydrogen-bond acceptors (Lipinski definition) is 8. The molecule has 3 heterocycles. The van der Waals surface area contributed by atoms with Crippen LogP contribution < -0.4 is 5.73 Å². The first kappa shape index (κ1) is 23.9. The lowest BCUT2D eigenvalue weighted by atomic mass is 10.0. The third kappa shape index (κ3) is 4.10. The lowest BCUT2D eigenvalue weighted by Crippen LogP contribution is -2.68. The Hall–Kier alpha value is -3.82. The van der Waals surface area contributed by atoms with E-state index in [9.17, 15) is 14.4 Å². The standard InChI is InChI=1S/C27H24N2O6S/c1-15-22(33-2)19(34-26(15)31)13-18-14-36-25-20(28)24(30)29(25)21(18)27(32)35-23(16-9-5-3-6-10-16)17-11-7-4-8-12-17/h3-13,20,23,25H,14,28H2,1-2H3/b19-13-/t20-,25+/m1/s1. The van der Waals surface area contributed by atoms with Crippen molar-refractivity contribution in [2.24, 2.45) is 5.73 Å². The molecule has 0 spiro atoms. The fourth-order valence-electron chi connectivity index (χ4n) is 4.39. The summed E-state index contributed by atoms with van der Waals surface area (Å²) in [5, 5.41) is -0.376. The Kier molecular flexibility index (Phi) is 6.42. The number of benzene rings is 2. The molecule has 0 bridgehead atoms. The Labute approximate surface area is 212 Å². The maximum atomic E-state index is 13.8. The van der Waals surface area contributed by atoms with E-state index < -0.39 is 24.1 Å². The summed E-state index contributed by atoms with van der Waals surface area (Å²) in [6.07, 6.45) is 0.866. The predicted octanol–water partition coefficient (Wildman–Crippen LogP) is 3.18. The van der Waals surface area contributed by atoms with Crippen LogP contribution in [0, 0.1) is 0 Å². The average Bonchev–Trinajstić information content (AvgIpc) is 3.18. The third-order valence-corrected chi connectivity index (χ3v) is 7.57. The normalized spacial score (nSPS) is 22.6. The number of thioether (sulfide) groups is 1. The Morgan fingerprint density at radius 1 is 1.11 bits per heavy atom. The van der Waals surface area contributed by atoms with Crippen LogP contribution in [0.2, 0.25) is 0 Å². The molecule has 2 aromatic rings. The predicted molar refractivity (Wildman–Crippen MR) is 133 cm³/mol. The van der Waals surface area contributed by atoms with Crippen LogP contribution in [0.25, 0.3) is 0 Å². The van der Waals surface area contributed by atoms with Crippen molar-refractivity contribution in [3.63, 3.8) is 0 Å². The van der Waals surface area contributed by atoms with E-state index >= 15 is 0 Å². The molecule has 3 aliphatic rings. The number of β-lactam (4-membered cyclic amide) rings is 1. The van der Waals surface area contributed by atoms with Gasteiger partial charge in [0.05, 0.1) is 12.7 Å². The van der Waals surface area contributed by atoms with Gasteiger partial charge in [0.25, 0.3) is 0 Å². The number of cyclic esters (lactones) is 1. The van der Waals surface area contributed by atoms with E-state index in [1.165, 1.54) is 23.8 Å². The molecule has 0 unspecified atom stereocenters. The molecule has 0 aliphatic carbocycles. The first-order valence-corrected chi connectivity index (χ1v) is 12.4. The van der Waals surface area contributed by atoms with Gasteiger partial charge in [0.1, 0.15) is 17.1 Å². The zero-order chi connectivity index (χ0) is 25.4. The van der Waals surface area contributed by atoms with Crippen LogP contribution in [0.4, 0.5) is 0 Å². The van der Waals surface area contributed by atoms with Gasteiger partial charge in [-0.2, -0.15) is 0 Å². The highest BCUT2D eigenvalue weighted by atomic mass is 32.2. The molecular weight excluding hydrogens is 480 g/mol. The number of nitrogens with two attached hydrogens (primary N) is 1. The second kappa shape index (κ2) is 9.67. The summed E-state index contributed by atoms with van der Waals surface area (Å²) in [4.78, 5) is 40.0. The van der Waals surface area contributed by atoms with Crippen LogP contribution in [-0.4, -0.2) is 47.0 Å². The van der Waals surface area contributed by atoms with Gasteiger partial charge < -0.3 is 19.9 Å². The van der Waals surface area contributed by atoms with Gasteiger partial charge in [-0.15, -0.1) is 11.8 Å². The SMILES string of the molecule is COC1=C(C)C(=O)O/C1=C\C1=C(C(=O)OC(c2ccccc2)c2ccccc2)N2C(=O)[C@@H](N)[C@@H]2SC1. The van der Waals surface area contributed by atoms with Gasteiger partial charge in [-0.05, 0) is 29.7 Å². The number of rotatable bonds is 6. The topological polar surface area (TPSA) is 108 Å². The Morgan fingerprint density at radius 3 is 2.31 bits per heavy atom. The Morgan fingerprint density at radius 2 is 1.72 bits per heavy atom. The molecule has 3 aliphatic heterocycles. The highest BCUT2D eigenvalue weighted by Gasteiger charge is 2.52. The van der Waals surface area contributed by atoms with Crippen LogP contribution in [0.5, 0.6) is 0 Å². The van der Waals surface area contributed by atoms with Crippen molar-refractivity contribution >= 4 is 29.6 Å². The van der Waals surface area contributed by atoms with E-state index in [2.05, 4.69) is 0 Å². The number of ether oxygens (including phenoxy) is 3. The molecule has 2 aromatic carbocycles. The van der Waals surface area contributed by atoms with Crippen molar-refractivity contribution in [1.29, 1.82) is 0 Å². The van der Waals surface area contributed by atoms with Crippen molar-refractivity contribution in [2.75, 3.05) is 12.9 Å². The van der Waals surface area contributed by atoms with Gasteiger partial charge in [0.2, 0.25) is 5.91 Å². The van der Waals surface area contributed by atoms with Gasteiger partial charge in [0, 0.05) is 5.75 Å². The summed E-state index contributed by atoms with van der Waals surface area (Å²) in [5.41, 5.74) is 8.48. The molecule has 2 atom stereocenters. The zero-order valence-corrected chi connectivity index (χ0v) is 20.5. The maximum absolute atomic E-state index is 13.8. The van der Waals surface area contributed by atoms with E-state index in [4.69, 9.17) is 19.9 Å². The quantitative estimate of drug-likeness (QED) is 0.472. The van der Waals surface area contributed by atoms with Crippen LogP contribution in [-0.2, 0) is 28.6 Å². The van der Waals surface area contributed by atoms with E-state index in [1.807, 2.05) is 60.7 Å². The van der Waals surface area contributed by atoms with Gasteiger partial charge in [-0.25, -0.2) is 9.59 Å². The van der Waals surface area contributed by atoms with Crippen LogP contribution in [0.15, 0.2) is 95.1 Å². The largest absolute Gasteiger partial charge is 0.492 e. The molecule has 184 valence electrons. The van der Waals surface area contributed by atoms with Crippen molar-refractivity contribution in [1.82, 2.24) is 4.90 Å². The summed E-state index contributed by atoms with van der Waals surface area (Å²) in [5.74, 6) is -0.739. The molecule has 0 aromatic heterocycles. The van der Waals surface area contributed by atoms with Crippen molar-refractivity contribution in [2.45, 2.75) is 24.4 Å². The van der Waals surface area contributed by atoms with Gasteiger partial charge in [0.15, 0.2) is 17.6 Å². The monoisotopic (exact) mass is 504 g/mol. The highest BCUT2D eigenvalue weighted by molar-refractivity contribution is 8.00. The molecule has 9 heteroatoms. The minimum atomic E-state index is -0.702. The van der Waals surface area contributed by atoms with E-state index in [0.717, 1.165) is 11.1 Å². The molecule has 0 saturated carbocycles. The molecule has 2 N–H and O–H groups in total. The van der Waals surface area contributed by atoms with Crippen LogP contribution >= 0.6 is 11.8 Å². The highest BCUT2D eigenvalue weighted by Crippen LogP contribution is 2.42. The van der Waals surface area contributed by atoms with Gasteiger partial charge in [-0.3, -0.25) is 9.69 Å². The summed E-state index contributed by atoms with van der Waals surface area (Å²) >= 11 is 1.43. The number of allylic oxidation sites excluding steroid dienone is 1. The molecule has 1 amide bonds. The number of amides is 1. The first-order valence-electron chi connectivity index (χ1n) is 11.3. The van der Waals surface area contributed by atoms with Crippen molar-refractivity contribution < 1.29 is 28.6 Å². The lowest BCUT2D eigenvalue weighted by Gasteiger charge is -2.48. The van der Waals surface area contributed by atoms with Crippen molar-refractivity contribution in [3.05, 3.63) is 106 Å². The fraction of sp³-hybridized carbons (Fsp3) is 0.222. The van der Waals surface area contributed by atoms with Crippen LogP contribution in [0.1, 0.15) is 24.2 Å². The second-order valence-corrected chi connectivity index (χ2v) is 9.58. The molecular formula is C27H24N2O6S. The number of methoxy groups -OCH3 is 1. The molecule has 0 radical (unpaired) electrons. The van der Waals surface area contributed by atoms with Crippen molar-refractivity contribution in [3.8, 4) is 0 Å². The third-order valence-electron chi connectivity index (χ3n) is 6.24. The molecule has 36 heavy (non-hydrogen) atoms. The molecule has 1 saturated heterocycles. The van der Waals surface area contributed by atoms with E-state index in [1.54, 1.807) is 13.0 Å². The number of esters is 2. The fourth-order valence-corrected chi connectivity index (χ4v) is 5.65. The van der Waals surface area contributed by atoms with E-state index in [-0.39, 0.29) is 28.5 Å². The summed E-state index contributed by atoms with van der Waals surface area (Å²) in [6.45, 7) is 1.60. The molecule has 5 rings (SSSR count). The van der Waals surface area contributed by atoms with Crippen LogP contribution in [0.3, 0.4) is 0 Å². The number of carbonyl (C=O) groups excluding carboxylic acids is 3. The average molecular weight is 505 g/mol. The Bertz CT molecular complexity index is 1280. The summed E-state index contributed by atoms with van der Waals surface area (Å²) in [6, 6.07) is 18.1. The summed E-state index contributed by atoms with van der Waals surface area (Å²) in [7, 11) is 1.44. The lowest BCUT2D eigenvalue weighted by molar-refractivity contribution is -0.153. The number of hydrogen-bond donors (Lipinski definition) is 1. The minimum Gasteiger partial charge on any atom is -0.492 e. The Balaban J connectivity index is 1.56. The first-order chi connectivity index (χ1) is 17.4. The second-order valence-electron chi connectivity index (χ2n) is 8.47. The number of fused-ring (bicyclic) bond motifs is 1. The maximum Gasteiger partial charge on any atom is 0.356 e. The molecule has 1 fully saturated rings. The summed E-state index contributed by atoms with van der Waals surface area (Å²) < 4.78 is 16.8. The number of carbonyl (C=O) groups is 3. The van der Waals surface area contributed by atoms with E-state index in [0.29, 0.717) is 16.9 Å². The smallest absolute Gasteiger partial charge is 0.356 e. The van der Waals surface area contributed by atoms with Gasteiger partial charge in [-0.1, -0.05) is 60.7 Å². The minimum absolute atomic E-state index is 0.0888. The zero-order valence-electron chi connectivity index (χ0n) is 19.7.